The van der Waals surface area contributed by atoms with Gasteiger partial charge < -0.3 is 0 Å². The quantitative estimate of drug-likeness (QED) is 0.480. The van der Waals surface area contributed by atoms with Crippen LogP contribution in [0.5, 0.6) is 0 Å². The first-order valence-electron chi connectivity index (χ1n) is 7.08. The molecule has 0 N–H and O–H groups in total. The number of nitrogens with zero attached hydrogens (tertiary/aromatic N) is 3. The largest absolute Gasteiger partial charge is 0.282 e. The van der Waals surface area contributed by atoms with Crippen molar-refractivity contribution in [3.05, 3.63) is 74.9 Å². The van der Waals surface area contributed by atoms with Crippen molar-refractivity contribution in [1.82, 2.24) is 0 Å². The van der Waals surface area contributed by atoms with E-state index in [1.54, 1.807) is 19.1 Å². The Labute approximate surface area is 142 Å². The van der Waals surface area contributed by atoms with Crippen LogP contribution in [0, 0.1) is 10.1 Å². The molecule has 1 aliphatic heterocycles. The minimum absolute atomic E-state index is 0.0997. The van der Waals surface area contributed by atoms with Crippen molar-refractivity contribution in [2.24, 2.45) is 4.99 Å². The number of nitro groups is 1. The highest BCUT2D eigenvalue weighted by atomic mass is 35.5. The van der Waals surface area contributed by atoms with Crippen LogP contribution >= 0.6 is 11.6 Å². The molecule has 6 nitrogen and oxygen atoms in total. The number of hydrogen-bond donors (Lipinski definition) is 0. The molecule has 1 amide bonds. The van der Waals surface area contributed by atoms with Crippen molar-refractivity contribution in [2.75, 3.05) is 4.90 Å². The number of hydrogen-bond acceptors (Lipinski definition) is 4. The van der Waals surface area contributed by atoms with Crippen molar-refractivity contribution in [3.63, 3.8) is 0 Å². The summed E-state index contributed by atoms with van der Waals surface area (Å²) in [7, 11) is 0. The number of rotatable bonds is 3. The lowest BCUT2D eigenvalue weighted by Gasteiger charge is -2.15. The second-order valence-corrected chi connectivity index (χ2v) is 5.53. The molecule has 120 valence electrons. The van der Waals surface area contributed by atoms with Crippen LogP contribution in [0.25, 0.3) is 6.08 Å². The predicted molar refractivity (Wildman–Crippen MR) is 93.1 cm³/mol. The van der Waals surface area contributed by atoms with Gasteiger partial charge in [0.15, 0.2) is 0 Å². The Bertz CT molecular complexity index is 891. The van der Waals surface area contributed by atoms with Crippen LogP contribution in [0.2, 0.25) is 5.02 Å². The van der Waals surface area contributed by atoms with Gasteiger partial charge in [-0.25, -0.2) is 4.99 Å². The molecule has 0 saturated carbocycles. The zero-order valence-corrected chi connectivity index (χ0v) is 13.4. The van der Waals surface area contributed by atoms with Crippen LogP contribution in [0.15, 0.2) is 59.2 Å². The molecule has 0 spiro atoms. The van der Waals surface area contributed by atoms with Gasteiger partial charge in [0.25, 0.3) is 11.6 Å². The smallest absolute Gasteiger partial charge is 0.266 e. The van der Waals surface area contributed by atoms with Crippen molar-refractivity contribution < 1.29 is 9.72 Å². The number of nitro benzene ring substituents is 1. The Morgan fingerprint density at radius 1 is 1.21 bits per heavy atom. The summed E-state index contributed by atoms with van der Waals surface area (Å²) in [5.74, 6) is 0.222. The fourth-order valence-electron chi connectivity index (χ4n) is 2.41. The minimum Gasteiger partial charge on any atom is -0.266 e. The van der Waals surface area contributed by atoms with E-state index in [0.717, 1.165) is 0 Å². The second kappa shape index (κ2) is 6.25. The molecular formula is C17H12ClN3O3. The van der Waals surface area contributed by atoms with E-state index >= 15 is 0 Å². The zero-order chi connectivity index (χ0) is 17.3. The monoisotopic (exact) mass is 341 g/mol. The summed E-state index contributed by atoms with van der Waals surface area (Å²) in [6, 6.07) is 13.2. The van der Waals surface area contributed by atoms with Crippen molar-refractivity contribution in [3.8, 4) is 0 Å². The third-order valence-electron chi connectivity index (χ3n) is 3.53. The number of amidine groups is 1. The SMILES string of the molecule is CC1=N/C(=C\c2cc([N+](=O)[O-])ccc2Cl)C(=O)N1c1ccccc1. The molecule has 0 aliphatic carbocycles. The first-order valence-corrected chi connectivity index (χ1v) is 7.45. The molecule has 24 heavy (non-hydrogen) atoms. The average Bonchev–Trinajstić information content (AvgIpc) is 2.84. The molecular weight excluding hydrogens is 330 g/mol. The van der Waals surface area contributed by atoms with E-state index in [1.807, 2.05) is 18.2 Å². The van der Waals surface area contributed by atoms with Crippen LogP contribution in [0.3, 0.4) is 0 Å². The Morgan fingerprint density at radius 3 is 2.58 bits per heavy atom. The summed E-state index contributed by atoms with van der Waals surface area (Å²) in [5, 5.41) is 11.2. The minimum atomic E-state index is -0.514. The lowest BCUT2D eigenvalue weighted by molar-refractivity contribution is -0.384. The van der Waals surface area contributed by atoms with Crippen LogP contribution in [-0.4, -0.2) is 16.7 Å². The number of anilines is 1. The van der Waals surface area contributed by atoms with Gasteiger partial charge in [0, 0.05) is 22.7 Å². The van der Waals surface area contributed by atoms with E-state index in [0.29, 0.717) is 22.1 Å². The summed E-state index contributed by atoms with van der Waals surface area (Å²) in [5.41, 5.74) is 1.16. The number of amides is 1. The predicted octanol–water partition coefficient (Wildman–Crippen LogP) is 4.05. The lowest BCUT2D eigenvalue weighted by Crippen LogP contribution is -2.30. The van der Waals surface area contributed by atoms with Gasteiger partial charge in [-0.3, -0.25) is 19.8 Å². The molecule has 0 radical (unpaired) electrons. The average molecular weight is 342 g/mol. The highest BCUT2D eigenvalue weighted by molar-refractivity contribution is 6.33. The maximum absolute atomic E-state index is 12.6. The van der Waals surface area contributed by atoms with Crippen LogP contribution < -0.4 is 4.90 Å². The molecule has 0 saturated heterocycles. The molecule has 0 unspecified atom stereocenters. The number of benzene rings is 2. The standard InChI is InChI=1S/C17H12ClN3O3/c1-11-19-16(17(22)20(11)13-5-3-2-4-6-13)10-12-9-14(21(23)24)7-8-15(12)18/h2-10H,1H3/b16-10-. The van der Waals surface area contributed by atoms with Crippen LogP contribution in [0.1, 0.15) is 12.5 Å². The molecule has 3 rings (SSSR count). The summed E-state index contributed by atoms with van der Waals surface area (Å²) in [6.45, 7) is 1.72. The van der Waals surface area contributed by atoms with Gasteiger partial charge in [0.1, 0.15) is 11.5 Å². The second-order valence-electron chi connectivity index (χ2n) is 5.13. The van der Waals surface area contributed by atoms with Gasteiger partial charge in [0.2, 0.25) is 0 Å². The van der Waals surface area contributed by atoms with Crippen LogP contribution in [-0.2, 0) is 4.79 Å². The van der Waals surface area contributed by atoms with E-state index in [1.165, 1.54) is 29.2 Å². The first-order chi connectivity index (χ1) is 11.5. The molecule has 0 bridgehead atoms. The Balaban J connectivity index is 2.00. The zero-order valence-electron chi connectivity index (χ0n) is 12.6. The van der Waals surface area contributed by atoms with Crippen LogP contribution in [0.4, 0.5) is 11.4 Å². The van der Waals surface area contributed by atoms with E-state index in [-0.39, 0.29) is 17.3 Å². The number of non-ortho nitro benzene ring substituents is 1. The lowest BCUT2D eigenvalue weighted by atomic mass is 10.1. The third kappa shape index (κ3) is 2.91. The molecule has 1 aliphatic rings. The number of halogens is 1. The van der Waals surface area contributed by atoms with Crippen molar-refractivity contribution in [2.45, 2.75) is 6.92 Å². The highest BCUT2D eigenvalue weighted by Gasteiger charge is 2.29. The third-order valence-corrected chi connectivity index (χ3v) is 3.87. The van der Waals surface area contributed by atoms with Gasteiger partial charge in [0.05, 0.1) is 10.6 Å². The Kier molecular flexibility index (Phi) is 4.14. The molecule has 7 heteroatoms. The fraction of sp³-hybridized carbons (Fsp3) is 0.0588. The van der Waals surface area contributed by atoms with E-state index in [2.05, 4.69) is 4.99 Å². The van der Waals surface area contributed by atoms with Crippen molar-refractivity contribution in [1.29, 1.82) is 0 Å². The Hall–Kier alpha value is -2.99. The molecule has 2 aromatic rings. The number of aliphatic imine (C=N–C) groups is 1. The topological polar surface area (TPSA) is 75.8 Å². The van der Waals surface area contributed by atoms with E-state index in [4.69, 9.17) is 11.6 Å². The molecule has 1 heterocycles. The molecule has 0 fully saturated rings. The summed E-state index contributed by atoms with van der Waals surface area (Å²) in [4.78, 5) is 28.7. The molecule has 2 aromatic carbocycles. The van der Waals surface area contributed by atoms with Gasteiger partial charge in [-0.15, -0.1) is 0 Å². The maximum atomic E-state index is 12.6. The summed E-state index contributed by atoms with van der Waals surface area (Å²) in [6.07, 6.45) is 1.46. The van der Waals surface area contributed by atoms with Gasteiger partial charge in [-0.05, 0) is 31.2 Å². The van der Waals surface area contributed by atoms with E-state index in [9.17, 15) is 14.9 Å². The van der Waals surface area contributed by atoms with Gasteiger partial charge in [-0.1, -0.05) is 29.8 Å². The normalized spacial score (nSPS) is 15.8. The van der Waals surface area contributed by atoms with Gasteiger partial charge >= 0.3 is 0 Å². The summed E-state index contributed by atoms with van der Waals surface area (Å²) >= 11 is 6.08. The highest BCUT2D eigenvalue weighted by Crippen LogP contribution is 2.28. The summed E-state index contributed by atoms with van der Waals surface area (Å²) < 4.78 is 0. The first kappa shape index (κ1) is 15.9. The number of para-hydroxylation sites is 1. The number of carbonyl (C=O) groups is 1. The fourth-order valence-corrected chi connectivity index (χ4v) is 2.58. The molecule has 0 atom stereocenters. The maximum Gasteiger partial charge on any atom is 0.282 e. The Morgan fingerprint density at radius 2 is 1.92 bits per heavy atom. The van der Waals surface area contributed by atoms with Gasteiger partial charge in [-0.2, -0.15) is 0 Å². The molecule has 0 aromatic heterocycles. The van der Waals surface area contributed by atoms with E-state index < -0.39 is 4.92 Å². The van der Waals surface area contributed by atoms with Crippen molar-refractivity contribution >= 4 is 40.8 Å². The number of carbonyl (C=O) groups excluding carboxylic acids is 1.